The van der Waals surface area contributed by atoms with Crippen LogP contribution in [0.2, 0.25) is 0 Å². The van der Waals surface area contributed by atoms with E-state index in [1.54, 1.807) is 0 Å². The number of thiazole rings is 1. The first-order chi connectivity index (χ1) is 9.04. The molecule has 1 saturated heterocycles. The Kier molecular flexibility index (Phi) is 4.49. The second kappa shape index (κ2) is 6.12. The quantitative estimate of drug-likeness (QED) is 0.872. The summed E-state index contributed by atoms with van der Waals surface area (Å²) in [6.07, 6.45) is 0.305. The van der Waals surface area contributed by atoms with Gasteiger partial charge in [0.05, 0.1) is 12.1 Å². The molecule has 0 radical (unpaired) electrons. The standard InChI is InChI=1S/C12H18N4O2S/c1-9(17)13-12-14-10(8-19-12)7-11(18)16-5-3-15(2)4-6-16/h8H,3-7H2,1-2H3,(H,13,14,17). The van der Waals surface area contributed by atoms with E-state index in [2.05, 4.69) is 22.2 Å². The summed E-state index contributed by atoms with van der Waals surface area (Å²) < 4.78 is 0. The van der Waals surface area contributed by atoms with Crippen LogP contribution in [0.5, 0.6) is 0 Å². The Morgan fingerprint density at radius 2 is 2.05 bits per heavy atom. The molecule has 0 unspecified atom stereocenters. The van der Waals surface area contributed by atoms with Gasteiger partial charge >= 0.3 is 0 Å². The number of hydrogen-bond acceptors (Lipinski definition) is 5. The number of carbonyl (C=O) groups is 2. The van der Waals surface area contributed by atoms with Gasteiger partial charge in [-0.25, -0.2) is 4.98 Å². The zero-order valence-electron chi connectivity index (χ0n) is 11.2. The van der Waals surface area contributed by atoms with Crippen molar-refractivity contribution in [3.63, 3.8) is 0 Å². The lowest BCUT2D eigenvalue weighted by Crippen LogP contribution is -2.47. The molecule has 1 aromatic heterocycles. The maximum Gasteiger partial charge on any atom is 0.228 e. The number of hydrogen-bond donors (Lipinski definition) is 1. The molecule has 1 N–H and O–H groups in total. The minimum Gasteiger partial charge on any atom is -0.340 e. The van der Waals surface area contributed by atoms with Crippen molar-refractivity contribution in [3.05, 3.63) is 11.1 Å². The number of aromatic nitrogens is 1. The number of anilines is 1. The maximum atomic E-state index is 12.1. The third kappa shape index (κ3) is 4.00. The Bertz CT molecular complexity index is 466. The van der Waals surface area contributed by atoms with E-state index in [0.717, 1.165) is 31.9 Å². The second-order valence-corrected chi connectivity index (χ2v) is 5.54. The van der Waals surface area contributed by atoms with Crippen LogP contribution in [0, 0.1) is 0 Å². The van der Waals surface area contributed by atoms with Crippen LogP contribution in [0.3, 0.4) is 0 Å². The van der Waals surface area contributed by atoms with Gasteiger partial charge in [-0.05, 0) is 7.05 Å². The highest BCUT2D eigenvalue weighted by Gasteiger charge is 2.20. The Morgan fingerprint density at radius 3 is 2.68 bits per heavy atom. The highest BCUT2D eigenvalue weighted by atomic mass is 32.1. The van der Waals surface area contributed by atoms with Gasteiger partial charge < -0.3 is 15.1 Å². The van der Waals surface area contributed by atoms with Gasteiger partial charge in [-0.2, -0.15) is 0 Å². The molecule has 1 aliphatic heterocycles. The van der Waals surface area contributed by atoms with Crippen LogP contribution < -0.4 is 5.32 Å². The van der Waals surface area contributed by atoms with Crippen molar-refractivity contribution in [1.29, 1.82) is 0 Å². The molecule has 1 aromatic rings. The zero-order chi connectivity index (χ0) is 13.8. The molecule has 6 nitrogen and oxygen atoms in total. The molecular formula is C12H18N4O2S. The number of nitrogens with one attached hydrogen (secondary N) is 1. The molecule has 1 fully saturated rings. The molecule has 0 aliphatic carbocycles. The summed E-state index contributed by atoms with van der Waals surface area (Å²) in [5.41, 5.74) is 0.720. The normalized spacial score (nSPS) is 16.4. The minimum absolute atomic E-state index is 0.104. The van der Waals surface area contributed by atoms with Crippen LogP contribution in [0.1, 0.15) is 12.6 Å². The third-order valence-electron chi connectivity index (χ3n) is 3.02. The van der Waals surface area contributed by atoms with E-state index in [-0.39, 0.29) is 11.8 Å². The van der Waals surface area contributed by atoms with Crippen molar-refractivity contribution < 1.29 is 9.59 Å². The number of carbonyl (C=O) groups excluding carboxylic acids is 2. The van der Waals surface area contributed by atoms with Crippen molar-refractivity contribution in [2.45, 2.75) is 13.3 Å². The monoisotopic (exact) mass is 282 g/mol. The van der Waals surface area contributed by atoms with E-state index in [1.165, 1.54) is 18.3 Å². The number of amides is 2. The molecule has 0 bridgehead atoms. The molecule has 0 atom stereocenters. The highest BCUT2D eigenvalue weighted by Crippen LogP contribution is 2.16. The van der Waals surface area contributed by atoms with Crippen LogP contribution >= 0.6 is 11.3 Å². The van der Waals surface area contributed by atoms with Crippen molar-refractivity contribution in [1.82, 2.24) is 14.8 Å². The van der Waals surface area contributed by atoms with Crippen molar-refractivity contribution >= 4 is 28.3 Å². The van der Waals surface area contributed by atoms with Crippen molar-refractivity contribution in [3.8, 4) is 0 Å². The van der Waals surface area contributed by atoms with Crippen LogP contribution in [0.25, 0.3) is 0 Å². The smallest absolute Gasteiger partial charge is 0.228 e. The molecule has 2 amide bonds. The molecule has 2 heterocycles. The molecule has 1 aliphatic rings. The summed E-state index contributed by atoms with van der Waals surface area (Å²) in [7, 11) is 2.06. The van der Waals surface area contributed by atoms with E-state index in [4.69, 9.17) is 0 Å². The molecular weight excluding hydrogens is 264 g/mol. The lowest BCUT2D eigenvalue weighted by atomic mass is 10.2. The zero-order valence-corrected chi connectivity index (χ0v) is 12.0. The number of rotatable bonds is 3. The molecule has 0 aromatic carbocycles. The predicted octanol–water partition coefficient (Wildman–Crippen LogP) is 0.418. The largest absolute Gasteiger partial charge is 0.340 e. The Balaban J connectivity index is 1.88. The fraction of sp³-hybridized carbons (Fsp3) is 0.583. The molecule has 19 heavy (non-hydrogen) atoms. The average molecular weight is 282 g/mol. The Labute approximate surface area is 116 Å². The number of likely N-dealkylation sites (N-methyl/N-ethyl adjacent to an activating group) is 1. The summed E-state index contributed by atoms with van der Waals surface area (Å²) in [4.78, 5) is 31.3. The molecule has 0 spiro atoms. The lowest BCUT2D eigenvalue weighted by molar-refractivity contribution is -0.132. The number of nitrogens with zero attached hydrogens (tertiary/aromatic N) is 3. The van der Waals surface area contributed by atoms with Gasteiger partial charge in [0, 0.05) is 38.5 Å². The Hall–Kier alpha value is -1.47. The summed E-state index contributed by atoms with van der Waals surface area (Å²) in [6.45, 7) is 4.83. The molecule has 2 rings (SSSR count). The lowest BCUT2D eigenvalue weighted by Gasteiger charge is -2.32. The SMILES string of the molecule is CC(=O)Nc1nc(CC(=O)N2CCN(C)CC2)cs1. The van der Waals surface area contributed by atoms with Gasteiger partial charge in [-0.15, -0.1) is 11.3 Å². The second-order valence-electron chi connectivity index (χ2n) is 4.69. The highest BCUT2D eigenvalue weighted by molar-refractivity contribution is 7.13. The first-order valence-electron chi connectivity index (χ1n) is 6.23. The summed E-state index contributed by atoms with van der Waals surface area (Å²) in [5.74, 6) is -0.0425. The van der Waals surface area contributed by atoms with E-state index < -0.39 is 0 Å². The maximum absolute atomic E-state index is 12.1. The van der Waals surface area contributed by atoms with Crippen molar-refractivity contribution in [2.24, 2.45) is 0 Å². The van der Waals surface area contributed by atoms with Gasteiger partial charge in [0.1, 0.15) is 0 Å². The van der Waals surface area contributed by atoms with Crippen LogP contribution in [-0.2, 0) is 16.0 Å². The summed E-state index contributed by atoms with van der Waals surface area (Å²) in [6, 6.07) is 0. The van der Waals surface area contributed by atoms with Crippen LogP contribution in [-0.4, -0.2) is 59.8 Å². The van der Waals surface area contributed by atoms with Crippen LogP contribution in [0.4, 0.5) is 5.13 Å². The van der Waals surface area contributed by atoms with Gasteiger partial charge in [0.2, 0.25) is 11.8 Å². The third-order valence-corrected chi connectivity index (χ3v) is 3.83. The fourth-order valence-corrected chi connectivity index (χ4v) is 2.68. The fourth-order valence-electron chi connectivity index (χ4n) is 1.92. The van der Waals surface area contributed by atoms with E-state index >= 15 is 0 Å². The average Bonchev–Trinajstić information content (AvgIpc) is 2.76. The molecule has 7 heteroatoms. The first kappa shape index (κ1) is 14.0. The predicted molar refractivity (Wildman–Crippen MR) is 74.2 cm³/mol. The van der Waals surface area contributed by atoms with E-state index in [0.29, 0.717) is 11.6 Å². The summed E-state index contributed by atoms with van der Waals surface area (Å²) >= 11 is 1.34. The summed E-state index contributed by atoms with van der Waals surface area (Å²) in [5, 5.41) is 4.99. The van der Waals surface area contributed by atoms with Gasteiger partial charge in [-0.3, -0.25) is 9.59 Å². The molecule has 104 valence electrons. The van der Waals surface area contributed by atoms with Crippen LogP contribution in [0.15, 0.2) is 5.38 Å². The van der Waals surface area contributed by atoms with Gasteiger partial charge in [-0.1, -0.05) is 0 Å². The van der Waals surface area contributed by atoms with Gasteiger partial charge in [0.25, 0.3) is 0 Å². The minimum atomic E-state index is -0.147. The van der Waals surface area contributed by atoms with Gasteiger partial charge in [0.15, 0.2) is 5.13 Å². The molecule has 0 saturated carbocycles. The van der Waals surface area contributed by atoms with Crippen molar-refractivity contribution in [2.75, 3.05) is 38.5 Å². The number of piperazine rings is 1. The topological polar surface area (TPSA) is 65.5 Å². The van der Waals surface area contributed by atoms with E-state index in [1.807, 2.05) is 10.3 Å². The Morgan fingerprint density at radius 1 is 1.37 bits per heavy atom. The van der Waals surface area contributed by atoms with E-state index in [9.17, 15) is 9.59 Å². The first-order valence-corrected chi connectivity index (χ1v) is 7.11.